The second-order valence-electron chi connectivity index (χ2n) is 9.23. The van der Waals surface area contributed by atoms with Gasteiger partial charge in [0.2, 0.25) is 5.91 Å². The van der Waals surface area contributed by atoms with Crippen LogP contribution in [0, 0.1) is 13.8 Å². The van der Waals surface area contributed by atoms with Crippen LogP contribution in [0.15, 0.2) is 77.3 Å². The van der Waals surface area contributed by atoms with E-state index in [0.29, 0.717) is 18.7 Å². The molecule has 190 valence electrons. The Kier molecular flexibility index (Phi) is 10.1. The molecule has 0 aliphatic rings. The fourth-order valence-electron chi connectivity index (χ4n) is 3.97. The van der Waals surface area contributed by atoms with Crippen molar-refractivity contribution in [2.45, 2.75) is 59.2 Å². The Morgan fingerprint density at radius 1 is 0.972 bits per heavy atom. The summed E-state index contributed by atoms with van der Waals surface area (Å²) < 4.78 is 6.90. The van der Waals surface area contributed by atoms with Crippen LogP contribution in [0.5, 0.6) is 5.75 Å². The Labute approximate surface area is 223 Å². The van der Waals surface area contributed by atoms with Crippen molar-refractivity contribution in [2.24, 2.45) is 0 Å². The molecule has 2 unspecified atom stereocenters. The highest BCUT2D eigenvalue weighted by Crippen LogP contribution is 2.21. The number of nitrogens with zero attached hydrogens (tertiary/aromatic N) is 1. The van der Waals surface area contributed by atoms with Crippen LogP contribution in [-0.2, 0) is 22.6 Å². The van der Waals surface area contributed by atoms with Crippen LogP contribution in [0.1, 0.15) is 42.5 Å². The topological polar surface area (TPSA) is 58.6 Å². The van der Waals surface area contributed by atoms with E-state index in [1.165, 1.54) is 0 Å². The second kappa shape index (κ2) is 13.3. The maximum atomic E-state index is 13.7. The summed E-state index contributed by atoms with van der Waals surface area (Å²) in [6, 6.07) is 22.8. The number of benzene rings is 3. The highest BCUT2D eigenvalue weighted by molar-refractivity contribution is 9.10. The largest absolute Gasteiger partial charge is 0.483 e. The lowest BCUT2D eigenvalue weighted by molar-refractivity contribution is -0.143. The van der Waals surface area contributed by atoms with E-state index in [9.17, 15) is 9.59 Å². The number of carbonyl (C=O) groups is 2. The van der Waals surface area contributed by atoms with Crippen LogP contribution in [-0.4, -0.2) is 35.4 Å². The lowest BCUT2D eigenvalue weighted by Crippen LogP contribution is -2.53. The van der Waals surface area contributed by atoms with Crippen molar-refractivity contribution in [3.05, 3.63) is 99.5 Å². The monoisotopic (exact) mass is 550 g/mol. The predicted octanol–water partition coefficient (Wildman–Crippen LogP) is 6.00. The number of hydrogen-bond acceptors (Lipinski definition) is 3. The Morgan fingerprint density at radius 2 is 1.67 bits per heavy atom. The summed E-state index contributed by atoms with van der Waals surface area (Å²) in [5.74, 6) is 0.268. The molecule has 5 nitrogen and oxygen atoms in total. The third-order valence-electron chi connectivity index (χ3n) is 6.22. The predicted molar refractivity (Wildman–Crippen MR) is 148 cm³/mol. The molecule has 0 saturated carbocycles. The molecule has 0 radical (unpaired) electrons. The summed E-state index contributed by atoms with van der Waals surface area (Å²) in [5.41, 5.74) is 4.03. The van der Waals surface area contributed by atoms with Gasteiger partial charge in [0.15, 0.2) is 6.61 Å². The molecule has 6 heteroatoms. The SMILES string of the molecule is CCC(C)NC(=O)C(Cc1ccccc1)N(Cc1ccc(Br)cc1)C(=O)COc1ccc(C)cc1C. The molecule has 0 fully saturated rings. The lowest BCUT2D eigenvalue weighted by Gasteiger charge is -2.32. The van der Waals surface area contributed by atoms with Gasteiger partial charge < -0.3 is 15.0 Å². The zero-order valence-corrected chi connectivity index (χ0v) is 23.0. The van der Waals surface area contributed by atoms with Gasteiger partial charge in [0.05, 0.1) is 0 Å². The van der Waals surface area contributed by atoms with Crippen molar-refractivity contribution in [3.63, 3.8) is 0 Å². The van der Waals surface area contributed by atoms with Crippen molar-refractivity contribution in [3.8, 4) is 5.75 Å². The Hall–Kier alpha value is -3.12. The molecule has 36 heavy (non-hydrogen) atoms. The number of carbonyl (C=O) groups excluding carboxylic acids is 2. The molecule has 0 bridgehead atoms. The zero-order chi connectivity index (χ0) is 26.1. The summed E-state index contributed by atoms with van der Waals surface area (Å²) in [5, 5.41) is 3.09. The van der Waals surface area contributed by atoms with Gasteiger partial charge in [0.25, 0.3) is 5.91 Å². The third-order valence-corrected chi connectivity index (χ3v) is 6.75. The molecule has 0 aliphatic heterocycles. The number of nitrogens with one attached hydrogen (secondary N) is 1. The van der Waals surface area contributed by atoms with Crippen LogP contribution in [0.3, 0.4) is 0 Å². The standard InChI is InChI=1S/C30H35BrN2O3/c1-5-23(4)32-30(35)27(18-24-9-7-6-8-10-24)33(19-25-12-14-26(31)15-13-25)29(34)20-36-28-16-11-21(2)17-22(28)3/h6-17,23,27H,5,18-20H2,1-4H3,(H,32,35). The second-order valence-corrected chi connectivity index (χ2v) is 10.1. The summed E-state index contributed by atoms with van der Waals surface area (Å²) in [6.45, 7) is 8.13. The first-order valence-electron chi connectivity index (χ1n) is 12.3. The van der Waals surface area contributed by atoms with E-state index in [-0.39, 0.29) is 24.5 Å². The van der Waals surface area contributed by atoms with Crippen LogP contribution < -0.4 is 10.1 Å². The van der Waals surface area contributed by atoms with E-state index in [1.54, 1.807) is 4.90 Å². The molecule has 3 rings (SSSR count). The molecule has 2 amide bonds. The minimum atomic E-state index is -0.680. The van der Waals surface area contributed by atoms with Crippen molar-refractivity contribution in [1.82, 2.24) is 10.2 Å². The highest BCUT2D eigenvalue weighted by Gasteiger charge is 2.31. The molecule has 0 heterocycles. The maximum absolute atomic E-state index is 13.7. The first kappa shape index (κ1) is 27.5. The summed E-state index contributed by atoms with van der Waals surface area (Å²) in [4.78, 5) is 28.8. The molecule has 0 aromatic heterocycles. The average molecular weight is 552 g/mol. The Balaban J connectivity index is 1.91. The van der Waals surface area contributed by atoms with Crippen LogP contribution >= 0.6 is 15.9 Å². The fraction of sp³-hybridized carbons (Fsp3) is 0.333. The smallest absolute Gasteiger partial charge is 0.261 e. The molecule has 2 atom stereocenters. The van der Waals surface area contributed by atoms with Gasteiger partial charge in [-0.2, -0.15) is 0 Å². The molecule has 1 N–H and O–H groups in total. The molecule has 3 aromatic rings. The normalized spacial score (nSPS) is 12.5. The van der Waals surface area contributed by atoms with Gasteiger partial charge in [-0.3, -0.25) is 9.59 Å². The minimum absolute atomic E-state index is 0.00636. The van der Waals surface area contributed by atoms with E-state index < -0.39 is 6.04 Å². The molecular weight excluding hydrogens is 516 g/mol. The van der Waals surface area contributed by atoms with Crippen molar-refractivity contribution < 1.29 is 14.3 Å². The summed E-state index contributed by atoms with van der Waals surface area (Å²) in [7, 11) is 0. The molecule has 0 saturated heterocycles. The number of rotatable bonds is 11. The van der Waals surface area contributed by atoms with E-state index in [2.05, 4.69) is 21.2 Å². The number of halogens is 1. The van der Waals surface area contributed by atoms with Crippen molar-refractivity contribution in [1.29, 1.82) is 0 Å². The zero-order valence-electron chi connectivity index (χ0n) is 21.5. The van der Waals surface area contributed by atoms with Gasteiger partial charge in [-0.15, -0.1) is 0 Å². The Bertz CT molecular complexity index is 1150. The molecular formula is C30H35BrN2O3. The van der Waals surface area contributed by atoms with Crippen molar-refractivity contribution in [2.75, 3.05) is 6.61 Å². The highest BCUT2D eigenvalue weighted by atomic mass is 79.9. The van der Waals surface area contributed by atoms with E-state index >= 15 is 0 Å². The molecule has 0 aliphatic carbocycles. The first-order chi connectivity index (χ1) is 17.3. The average Bonchev–Trinajstić information content (AvgIpc) is 2.87. The van der Waals surface area contributed by atoms with E-state index in [1.807, 2.05) is 100 Å². The summed E-state index contributed by atoms with van der Waals surface area (Å²) >= 11 is 3.47. The van der Waals surface area contributed by atoms with Gasteiger partial charge in [-0.05, 0) is 62.1 Å². The van der Waals surface area contributed by atoms with Gasteiger partial charge in [-0.25, -0.2) is 0 Å². The molecule has 3 aromatic carbocycles. The lowest BCUT2D eigenvalue weighted by atomic mass is 10.0. The third kappa shape index (κ3) is 7.95. The summed E-state index contributed by atoms with van der Waals surface area (Å²) in [6.07, 6.45) is 1.22. The van der Waals surface area contributed by atoms with Gasteiger partial charge >= 0.3 is 0 Å². The van der Waals surface area contributed by atoms with Crippen molar-refractivity contribution >= 4 is 27.7 Å². The van der Waals surface area contributed by atoms with Gasteiger partial charge in [-0.1, -0.05) is 83.0 Å². The van der Waals surface area contributed by atoms with E-state index in [0.717, 1.165) is 33.1 Å². The maximum Gasteiger partial charge on any atom is 0.261 e. The Morgan fingerprint density at radius 3 is 2.31 bits per heavy atom. The van der Waals surface area contributed by atoms with E-state index in [4.69, 9.17) is 4.74 Å². The van der Waals surface area contributed by atoms with Gasteiger partial charge in [0, 0.05) is 23.5 Å². The number of aryl methyl sites for hydroxylation is 2. The first-order valence-corrected chi connectivity index (χ1v) is 13.1. The quantitative estimate of drug-likeness (QED) is 0.318. The fourth-order valence-corrected chi connectivity index (χ4v) is 4.23. The van der Waals surface area contributed by atoms with Crippen LogP contribution in [0.4, 0.5) is 0 Å². The van der Waals surface area contributed by atoms with Crippen LogP contribution in [0.25, 0.3) is 0 Å². The van der Waals surface area contributed by atoms with Gasteiger partial charge in [0.1, 0.15) is 11.8 Å². The number of hydrogen-bond donors (Lipinski definition) is 1. The number of ether oxygens (including phenoxy) is 1. The molecule has 0 spiro atoms. The van der Waals surface area contributed by atoms with Crippen LogP contribution in [0.2, 0.25) is 0 Å². The minimum Gasteiger partial charge on any atom is -0.483 e. The number of amides is 2.